The molecule has 3 aromatic rings. The number of halogens is 2. The van der Waals surface area contributed by atoms with Crippen LogP contribution in [-0.2, 0) is 6.42 Å². The lowest BCUT2D eigenvalue weighted by Crippen LogP contribution is -2.54. The fourth-order valence-corrected chi connectivity index (χ4v) is 4.27. The van der Waals surface area contributed by atoms with Crippen molar-refractivity contribution in [1.29, 1.82) is 0 Å². The van der Waals surface area contributed by atoms with Gasteiger partial charge in [-0.25, -0.2) is 9.37 Å². The molecule has 0 bridgehead atoms. The Morgan fingerprint density at radius 2 is 1.90 bits per heavy atom. The summed E-state index contributed by atoms with van der Waals surface area (Å²) in [5.41, 5.74) is 1.62. The minimum Gasteiger partial charge on any atom is -0.343 e. The van der Waals surface area contributed by atoms with Gasteiger partial charge in [-0.05, 0) is 48.9 Å². The number of anilines is 1. The highest BCUT2D eigenvalue weighted by Crippen LogP contribution is 2.23. The minimum atomic E-state index is -0.343. The van der Waals surface area contributed by atoms with Crippen LogP contribution in [0.3, 0.4) is 0 Å². The minimum absolute atomic E-state index is 0.0184. The number of aromatic nitrogens is 2. The van der Waals surface area contributed by atoms with Gasteiger partial charge in [-0.1, -0.05) is 23.7 Å². The maximum Gasteiger partial charge on any atom is 0.254 e. The lowest BCUT2D eigenvalue weighted by molar-refractivity contribution is 0.0674. The predicted molar refractivity (Wildman–Crippen MR) is 113 cm³/mol. The second-order valence-corrected chi connectivity index (χ2v) is 8.26. The Kier molecular flexibility index (Phi) is 5.78. The van der Waals surface area contributed by atoms with E-state index in [4.69, 9.17) is 11.6 Å². The van der Waals surface area contributed by atoms with Gasteiger partial charge >= 0.3 is 0 Å². The molecule has 2 aromatic carbocycles. The van der Waals surface area contributed by atoms with Crippen molar-refractivity contribution in [3.05, 3.63) is 76.3 Å². The topological polar surface area (TPSA) is 49.3 Å². The third-order valence-electron chi connectivity index (χ3n) is 4.98. The average molecular weight is 431 g/mol. The van der Waals surface area contributed by atoms with Gasteiger partial charge < -0.3 is 9.80 Å². The number of benzene rings is 2. The zero-order chi connectivity index (χ0) is 20.4. The molecule has 1 aromatic heterocycles. The van der Waals surface area contributed by atoms with Crippen LogP contribution in [0, 0.1) is 5.82 Å². The van der Waals surface area contributed by atoms with Crippen molar-refractivity contribution in [1.82, 2.24) is 14.3 Å². The number of amides is 1. The summed E-state index contributed by atoms with van der Waals surface area (Å²) < 4.78 is 17.6. The van der Waals surface area contributed by atoms with Crippen molar-refractivity contribution in [2.75, 3.05) is 24.5 Å². The Morgan fingerprint density at radius 1 is 1.17 bits per heavy atom. The summed E-state index contributed by atoms with van der Waals surface area (Å²) in [5.74, 6) is 0.368. The van der Waals surface area contributed by atoms with E-state index < -0.39 is 0 Å². The van der Waals surface area contributed by atoms with Crippen LogP contribution in [0.4, 0.5) is 9.52 Å². The Labute approximate surface area is 177 Å². The van der Waals surface area contributed by atoms with Crippen LogP contribution in [0.1, 0.15) is 28.7 Å². The van der Waals surface area contributed by atoms with E-state index in [1.807, 2.05) is 36.1 Å². The van der Waals surface area contributed by atoms with Gasteiger partial charge in [0, 0.05) is 54.2 Å². The quantitative estimate of drug-likeness (QED) is 0.620. The summed E-state index contributed by atoms with van der Waals surface area (Å²) in [7, 11) is 0. The first-order chi connectivity index (χ1) is 14.0. The van der Waals surface area contributed by atoms with Crippen molar-refractivity contribution in [2.24, 2.45) is 0 Å². The van der Waals surface area contributed by atoms with Crippen LogP contribution in [0.25, 0.3) is 0 Å². The summed E-state index contributed by atoms with van der Waals surface area (Å²) in [6.45, 7) is 3.97. The molecule has 0 radical (unpaired) electrons. The molecule has 5 nitrogen and oxygen atoms in total. The Bertz CT molecular complexity index is 993. The van der Waals surface area contributed by atoms with E-state index in [1.165, 1.54) is 35.8 Å². The van der Waals surface area contributed by atoms with Crippen LogP contribution >= 0.6 is 23.1 Å². The zero-order valence-corrected chi connectivity index (χ0v) is 17.5. The number of piperazine rings is 1. The van der Waals surface area contributed by atoms with E-state index in [-0.39, 0.29) is 17.8 Å². The number of carbonyl (C=O) groups is 1. The summed E-state index contributed by atoms with van der Waals surface area (Å²) in [6.07, 6.45) is 0.659. The molecule has 2 heterocycles. The number of hydrogen-bond donors (Lipinski definition) is 0. The van der Waals surface area contributed by atoms with Gasteiger partial charge in [-0.2, -0.15) is 4.37 Å². The van der Waals surface area contributed by atoms with Crippen LogP contribution in [-0.4, -0.2) is 45.8 Å². The molecule has 1 fully saturated rings. The smallest absolute Gasteiger partial charge is 0.254 e. The van der Waals surface area contributed by atoms with E-state index in [1.54, 1.807) is 0 Å². The fourth-order valence-electron chi connectivity index (χ4n) is 3.42. The van der Waals surface area contributed by atoms with Crippen molar-refractivity contribution < 1.29 is 9.18 Å². The normalized spacial score (nSPS) is 16.9. The van der Waals surface area contributed by atoms with Gasteiger partial charge in [0.05, 0.1) is 0 Å². The number of hydrogen-bond acceptors (Lipinski definition) is 5. The average Bonchev–Trinajstić information content (AvgIpc) is 3.18. The van der Waals surface area contributed by atoms with E-state index in [0.29, 0.717) is 36.6 Å². The molecule has 150 valence electrons. The highest BCUT2D eigenvalue weighted by Gasteiger charge is 2.29. The first-order valence-corrected chi connectivity index (χ1v) is 10.5. The maximum atomic E-state index is 13.1. The first kappa shape index (κ1) is 19.8. The highest BCUT2D eigenvalue weighted by molar-refractivity contribution is 7.09. The second-order valence-electron chi connectivity index (χ2n) is 7.10. The third kappa shape index (κ3) is 4.57. The maximum absolute atomic E-state index is 13.1. The number of nitrogens with zero attached hydrogens (tertiary/aromatic N) is 4. The van der Waals surface area contributed by atoms with E-state index in [9.17, 15) is 9.18 Å². The Hall–Kier alpha value is -2.51. The van der Waals surface area contributed by atoms with Gasteiger partial charge in [-0.3, -0.25) is 4.79 Å². The number of rotatable bonds is 4. The summed E-state index contributed by atoms with van der Waals surface area (Å²) in [4.78, 5) is 21.4. The molecule has 1 saturated heterocycles. The van der Waals surface area contributed by atoms with Gasteiger partial charge in [-0.15, -0.1) is 0 Å². The first-order valence-electron chi connectivity index (χ1n) is 9.38. The molecule has 4 rings (SSSR count). The molecule has 0 saturated carbocycles. The molecule has 1 atom stereocenters. The van der Waals surface area contributed by atoms with Crippen LogP contribution in [0.2, 0.25) is 5.02 Å². The van der Waals surface area contributed by atoms with Crippen LogP contribution in [0.5, 0.6) is 0 Å². The van der Waals surface area contributed by atoms with Crippen molar-refractivity contribution in [3.63, 3.8) is 0 Å². The largest absolute Gasteiger partial charge is 0.343 e. The van der Waals surface area contributed by atoms with Gasteiger partial charge in [0.25, 0.3) is 5.91 Å². The summed E-state index contributed by atoms with van der Waals surface area (Å²) in [5, 5.41) is 1.58. The molecule has 0 aliphatic carbocycles. The molecule has 1 amide bonds. The molecular formula is C21H20ClFN4OS. The fraction of sp³-hybridized carbons (Fsp3) is 0.286. The lowest BCUT2D eigenvalue weighted by atomic mass is 10.1. The van der Waals surface area contributed by atoms with Gasteiger partial charge in [0.1, 0.15) is 11.6 Å². The molecular weight excluding hydrogens is 411 g/mol. The van der Waals surface area contributed by atoms with E-state index in [0.717, 1.165) is 16.5 Å². The predicted octanol–water partition coefficient (Wildman–Crippen LogP) is 4.27. The summed E-state index contributed by atoms with van der Waals surface area (Å²) >= 11 is 7.32. The Morgan fingerprint density at radius 3 is 2.59 bits per heavy atom. The third-order valence-corrected chi connectivity index (χ3v) is 6.05. The second kappa shape index (κ2) is 8.47. The molecule has 8 heteroatoms. The van der Waals surface area contributed by atoms with Gasteiger partial charge in [0.15, 0.2) is 0 Å². The van der Waals surface area contributed by atoms with Crippen LogP contribution < -0.4 is 4.90 Å². The van der Waals surface area contributed by atoms with E-state index in [2.05, 4.69) is 14.3 Å². The van der Waals surface area contributed by atoms with Crippen LogP contribution in [0.15, 0.2) is 48.5 Å². The summed E-state index contributed by atoms with van der Waals surface area (Å²) in [6, 6.07) is 13.4. The molecule has 1 aliphatic rings. The van der Waals surface area contributed by atoms with Crippen molar-refractivity contribution in [2.45, 2.75) is 19.4 Å². The monoisotopic (exact) mass is 430 g/mol. The lowest BCUT2D eigenvalue weighted by Gasteiger charge is -2.39. The Balaban J connectivity index is 1.39. The highest BCUT2D eigenvalue weighted by atomic mass is 35.5. The molecule has 29 heavy (non-hydrogen) atoms. The SMILES string of the molecule is CC1CN(c2nc(Cc3ccc(Cl)cc3)ns2)CCN1C(=O)c1ccc(F)cc1. The van der Waals surface area contributed by atoms with Gasteiger partial charge in [0.2, 0.25) is 5.13 Å². The van der Waals surface area contributed by atoms with Crippen molar-refractivity contribution >= 4 is 34.2 Å². The molecule has 0 spiro atoms. The number of carbonyl (C=O) groups excluding carboxylic acids is 1. The van der Waals surface area contributed by atoms with E-state index >= 15 is 0 Å². The zero-order valence-electron chi connectivity index (χ0n) is 15.9. The molecule has 1 unspecified atom stereocenters. The standard InChI is InChI=1S/C21H20ClFN4OS/c1-14-13-26(10-11-27(14)20(28)16-4-8-18(23)9-5-16)21-24-19(25-29-21)12-15-2-6-17(22)7-3-15/h2-9,14H,10-13H2,1H3. The molecule has 1 aliphatic heterocycles. The van der Waals surface area contributed by atoms with Crippen molar-refractivity contribution in [3.8, 4) is 0 Å². The molecule has 0 N–H and O–H groups in total.